The van der Waals surface area contributed by atoms with Crippen LogP contribution in [0.25, 0.3) is 0 Å². The molecule has 0 aromatic heterocycles. The minimum absolute atomic E-state index is 0.247. The number of hydrogen-bond acceptors (Lipinski definition) is 2. The van der Waals surface area contributed by atoms with Crippen LogP contribution in [0.3, 0.4) is 0 Å². The van der Waals surface area contributed by atoms with Crippen molar-refractivity contribution in [3.05, 3.63) is 0 Å². The van der Waals surface area contributed by atoms with Crippen LogP contribution >= 0.6 is 0 Å². The van der Waals surface area contributed by atoms with Gasteiger partial charge in [-0.1, -0.05) is 6.92 Å². The van der Waals surface area contributed by atoms with E-state index in [0.29, 0.717) is 0 Å². The van der Waals surface area contributed by atoms with Gasteiger partial charge >= 0.3 is 0 Å². The van der Waals surface area contributed by atoms with Gasteiger partial charge in [0.15, 0.2) is 0 Å². The fourth-order valence-electron chi connectivity index (χ4n) is 0.963. The molecule has 0 aliphatic heterocycles. The van der Waals surface area contributed by atoms with Crippen molar-refractivity contribution in [3.63, 3.8) is 0 Å². The van der Waals surface area contributed by atoms with Gasteiger partial charge in [0.05, 0.1) is 0 Å². The highest BCUT2D eigenvalue weighted by Crippen LogP contribution is 2.10. The maximum absolute atomic E-state index is 3.56. The second kappa shape index (κ2) is 4.97. The van der Waals surface area contributed by atoms with Gasteiger partial charge in [-0.3, -0.25) is 0 Å². The Hall–Kier alpha value is -0.0800. The largest absolute Gasteiger partial charge is 0.315 e. The average Bonchev–Trinajstić information content (AvgIpc) is 2.04. The Balaban J connectivity index is 3.68. The summed E-state index contributed by atoms with van der Waals surface area (Å²) < 4.78 is 0. The van der Waals surface area contributed by atoms with E-state index in [1.54, 1.807) is 0 Å². The van der Waals surface area contributed by atoms with E-state index in [4.69, 9.17) is 0 Å². The third-order valence-corrected chi connectivity index (χ3v) is 2.91. The highest BCUT2D eigenvalue weighted by Gasteiger charge is 2.17. The zero-order chi connectivity index (χ0) is 10.5. The van der Waals surface area contributed by atoms with Gasteiger partial charge in [0, 0.05) is 11.1 Å². The minimum atomic E-state index is 0.247. The molecule has 0 fully saturated rings. The zero-order valence-electron chi connectivity index (χ0n) is 10.1. The molecule has 0 saturated heterocycles. The summed E-state index contributed by atoms with van der Waals surface area (Å²) in [5, 5.41) is 6.86. The van der Waals surface area contributed by atoms with E-state index in [-0.39, 0.29) is 11.1 Å². The molecule has 0 unspecified atom stereocenters. The van der Waals surface area contributed by atoms with Crippen molar-refractivity contribution in [2.75, 3.05) is 13.6 Å². The van der Waals surface area contributed by atoms with Crippen molar-refractivity contribution in [1.82, 2.24) is 10.6 Å². The highest BCUT2D eigenvalue weighted by molar-refractivity contribution is 4.80. The van der Waals surface area contributed by atoms with Gasteiger partial charge in [0.2, 0.25) is 0 Å². The predicted octanol–water partition coefficient (Wildman–Crippen LogP) is 2.15. The van der Waals surface area contributed by atoms with Crippen molar-refractivity contribution in [1.29, 1.82) is 0 Å². The van der Waals surface area contributed by atoms with E-state index >= 15 is 0 Å². The molecule has 0 aliphatic rings. The molecule has 0 radical (unpaired) electrons. The Bertz CT molecular complexity index is 123. The maximum atomic E-state index is 3.56. The highest BCUT2D eigenvalue weighted by atomic mass is 15.0. The molecule has 0 aliphatic carbocycles. The van der Waals surface area contributed by atoms with Crippen LogP contribution in [0.1, 0.15) is 47.5 Å². The smallest absolute Gasteiger partial charge is 0.0134 e. The van der Waals surface area contributed by atoms with Crippen LogP contribution in [0, 0.1) is 0 Å². The molecule has 0 rings (SSSR count). The summed E-state index contributed by atoms with van der Waals surface area (Å²) in [4.78, 5) is 0. The third-order valence-electron chi connectivity index (χ3n) is 2.91. The summed E-state index contributed by atoms with van der Waals surface area (Å²) in [6.07, 6.45) is 2.33. The first-order chi connectivity index (χ1) is 5.83. The van der Waals surface area contributed by atoms with Crippen LogP contribution in [-0.2, 0) is 0 Å². The fourth-order valence-corrected chi connectivity index (χ4v) is 0.963. The molecule has 2 nitrogen and oxygen atoms in total. The van der Waals surface area contributed by atoms with Crippen LogP contribution in [-0.4, -0.2) is 24.7 Å². The van der Waals surface area contributed by atoms with Crippen molar-refractivity contribution >= 4 is 0 Å². The topological polar surface area (TPSA) is 24.1 Å². The quantitative estimate of drug-likeness (QED) is 0.664. The molecule has 0 heterocycles. The molecule has 0 amide bonds. The van der Waals surface area contributed by atoms with Crippen molar-refractivity contribution in [3.8, 4) is 0 Å². The van der Waals surface area contributed by atoms with E-state index in [2.05, 4.69) is 45.3 Å². The summed E-state index contributed by atoms with van der Waals surface area (Å²) in [7, 11) is 2.02. The molecule has 0 spiro atoms. The summed E-state index contributed by atoms with van der Waals surface area (Å²) in [6.45, 7) is 12.3. The van der Waals surface area contributed by atoms with E-state index in [1.807, 2.05) is 7.05 Å². The molecular weight excluding hydrogens is 160 g/mol. The summed E-state index contributed by atoms with van der Waals surface area (Å²) in [5.74, 6) is 0. The molecule has 0 aromatic rings. The van der Waals surface area contributed by atoms with Gasteiger partial charge < -0.3 is 10.6 Å². The van der Waals surface area contributed by atoms with Crippen LogP contribution in [0.15, 0.2) is 0 Å². The lowest BCUT2D eigenvalue weighted by atomic mass is 9.98. The Morgan fingerprint density at radius 1 is 1.00 bits per heavy atom. The van der Waals surface area contributed by atoms with Crippen molar-refractivity contribution < 1.29 is 0 Å². The van der Waals surface area contributed by atoms with E-state index in [0.717, 1.165) is 13.0 Å². The first-order valence-corrected chi connectivity index (χ1v) is 5.27. The summed E-state index contributed by atoms with van der Waals surface area (Å²) >= 11 is 0. The molecule has 80 valence electrons. The molecule has 2 heteroatoms. The van der Waals surface area contributed by atoms with E-state index in [9.17, 15) is 0 Å². The molecule has 13 heavy (non-hydrogen) atoms. The lowest BCUT2D eigenvalue weighted by molar-refractivity contribution is 0.326. The normalized spacial score (nSPS) is 13.4. The molecule has 0 aromatic carbocycles. The van der Waals surface area contributed by atoms with Crippen LogP contribution in [0.2, 0.25) is 0 Å². The van der Waals surface area contributed by atoms with E-state index in [1.165, 1.54) is 6.42 Å². The van der Waals surface area contributed by atoms with Gasteiger partial charge in [0.1, 0.15) is 0 Å². The predicted molar refractivity (Wildman–Crippen MR) is 60.1 cm³/mol. The Morgan fingerprint density at radius 3 is 1.92 bits per heavy atom. The van der Waals surface area contributed by atoms with Crippen LogP contribution in [0.4, 0.5) is 0 Å². The zero-order valence-corrected chi connectivity index (χ0v) is 10.1. The Kier molecular flexibility index (Phi) is 4.93. The summed E-state index contributed by atoms with van der Waals surface area (Å²) in [5.41, 5.74) is 0.528. The lowest BCUT2D eigenvalue weighted by Crippen LogP contribution is -2.44. The van der Waals surface area contributed by atoms with Crippen LogP contribution < -0.4 is 10.6 Å². The van der Waals surface area contributed by atoms with Crippen molar-refractivity contribution in [2.45, 2.75) is 58.5 Å². The van der Waals surface area contributed by atoms with E-state index < -0.39 is 0 Å². The van der Waals surface area contributed by atoms with Gasteiger partial charge in [-0.2, -0.15) is 0 Å². The van der Waals surface area contributed by atoms with Gasteiger partial charge in [0.25, 0.3) is 0 Å². The number of hydrogen-bond donors (Lipinski definition) is 2. The molecule has 0 bridgehead atoms. The second-order valence-corrected chi connectivity index (χ2v) is 5.05. The standard InChI is InChI=1S/C11H26N2/c1-7-10(2,3)13-9-8-11(4,5)12-6/h12-13H,7-9H2,1-6H3. The SMILES string of the molecule is CCC(C)(C)NCCC(C)(C)NC. The molecular formula is C11H26N2. The van der Waals surface area contributed by atoms with Crippen molar-refractivity contribution in [2.24, 2.45) is 0 Å². The van der Waals surface area contributed by atoms with Gasteiger partial charge in [-0.05, 0) is 54.1 Å². The second-order valence-electron chi connectivity index (χ2n) is 5.05. The third kappa shape index (κ3) is 6.05. The number of nitrogens with one attached hydrogen (secondary N) is 2. The van der Waals surface area contributed by atoms with Crippen LogP contribution in [0.5, 0.6) is 0 Å². The number of rotatable bonds is 6. The van der Waals surface area contributed by atoms with Gasteiger partial charge in [-0.15, -0.1) is 0 Å². The lowest BCUT2D eigenvalue weighted by Gasteiger charge is -2.29. The first-order valence-electron chi connectivity index (χ1n) is 5.27. The molecule has 2 N–H and O–H groups in total. The average molecular weight is 186 g/mol. The molecule has 0 atom stereocenters. The molecule has 0 saturated carbocycles. The van der Waals surface area contributed by atoms with Gasteiger partial charge in [-0.25, -0.2) is 0 Å². The first kappa shape index (κ1) is 12.9. The maximum Gasteiger partial charge on any atom is 0.0134 e. The Labute approximate surface area is 83.5 Å². The fraction of sp³-hybridized carbons (Fsp3) is 1.00. The summed E-state index contributed by atoms with van der Waals surface area (Å²) in [6, 6.07) is 0. The monoisotopic (exact) mass is 186 g/mol. The minimum Gasteiger partial charge on any atom is -0.315 e. The Morgan fingerprint density at radius 2 is 1.54 bits per heavy atom.